The number of anilines is 1. The summed E-state index contributed by atoms with van der Waals surface area (Å²) in [5.41, 5.74) is 0.778. The second-order valence-electron chi connectivity index (χ2n) is 7.87. The van der Waals surface area contributed by atoms with E-state index in [2.05, 4.69) is 24.1 Å². The molecule has 0 spiro atoms. The van der Waals surface area contributed by atoms with Gasteiger partial charge in [0.15, 0.2) is 0 Å². The number of nitrogens with one attached hydrogen (secondary N) is 1. The summed E-state index contributed by atoms with van der Waals surface area (Å²) in [4.78, 5) is 27.6. The quantitative estimate of drug-likeness (QED) is 0.622. The summed E-state index contributed by atoms with van der Waals surface area (Å²) in [5, 5.41) is 2.80. The third-order valence-corrected chi connectivity index (χ3v) is 7.66. The Kier molecular flexibility index (Phi) is 6.21. The number of ether oxygens (including phenoxy) is 1. The molecule has 2 amide bonds. The van der Waals surface area contributed by atoms with E-state index in [1.54, 1.807) is 18.2 Å². The Morgan fingerprint density at radius 3 is 2.56 bits per heavy atom. The maximum atomic E-state index is 12.9. The number of amides is 2. The van der Waals surface area contributed by atoms with Crippen LogP contribution in [0.15, 0.2) is 47.4 Å². The topological polar surface area (TPSA) is 96.0 Å². The predicted molar refractivity (Wildman–Crippen MR) is 120 cm³/mol. The molecular formula is C23H27N3O5S. The Morgan fingerprint density at radius 2 is 1.88 bits per heavy atom. The van der Waals surface area contributed by atoms with Crippen LogP contribution in [0.1, 0.15) is 47.4 Å². The molecule has 0 unspecified atom stereocenters. The van der Waals surface area contributed by atoms with Gasteiger partial charge in [-0.2, -0.15) is 0 Å². The van der Waals surface area contributed by atoms with Gasteiger partial charge in [0.2, 0.25) is 0 Å². The lowest BCUT2D eigenvalue weighted by Crippen LogP contribution is -2.31. The minimum Gasteiger partial charge on any atom is -0.490 e. The highest BCUT2D eigenvalue weighted by Gasteiger charge is 2.48. The largest absolute Gasteiger partial charge is 0.490 e. The van der Waals surface area contributed by atoms with Crippen molar-refractivity contribution < 1.29 is 22.7 Å². The number of sulfonamides is 1. The molecule has 1 saturated carbocycles. The number of benzene rings is 2. The summed E-state index contributed by atoms with van der Waals surface area (Å²) in [6.07, 6.45) is 1.36. The Hall–Kier alpha value is -2.91. The second-order valence-corrected chi connectivity index (χ2v) is 9.66. The first-order chi connectivity index (χ1) is 15.4. The molecule has 1 aliphatic carbocycles. The summed E-state index contributed by atoms with van der Waals surface area (Å²) < 4.78 is 32.5. The van der Waals surface area contributed by atoms with E-state index >= 15 is 0 Å². The van der Waals surface area contributed by atoms with Gasteiger partial charge in [0.1, 0.15) is 17.3 Å². The SMILES string of the molecule is CCN(CC)CCOc1ccccc1NC(=O)c1ccc2c(c1)S(=O)(=O)N(C1CC1)C2=O. The fourth-order valence-electron chi connectivity index (χ4n) is 3.77. The fourth-order valence-corrected chi connectivity index (χ4v) is 5.61. The minimum absolute atomic E-state index is 0.106. The molecule has 4 rings (SSSR count). The van der Waals surface area contributed by atoms with Crippen LogP contribution in [-0.2, 0) is 10.0 Å². The monoisotopic (exact) mass is 457 g/mol. The molecule has 1 N–H and O–H groups in total. The lowest BCUT2D eigenvalue weighted by atomic mass is 10.1. The van der Waals surface area contributed by atoms with Crippen LogP contribution in [0.4, 0.5) is 5.69 Å². The summed E-state index contributed by atoms with van der Waals surface area (Å²) in [6.45, 7) is 7.28. The van der Waals surface area contributed by atoms with Crippen molar-refractivity contribution >= 4 is 27.5 Å². The highest BCUT2D eigenvalue weighted by molar-refractivity contribution is 7.90. The van der Waals surface area contributed by atoms with Crippen molar-refractivity contribution in [2.45, 2.75) is 37.6 Å². The van der Waals surface area contributed by atoms with Crippen molar-refractivity contribution in [3.63, 3.8) is 0 Å². The maximum absolute atomic E-state index is 12.9. The zero-order chi connectivity index (χ0) is 22.9. The molecule has 32 heavy (non-hydrogen) atoms. The van der Waals surface area contributed by atoms with Gasteiger partial charge in [-0.15, -0.1) is 0 Å². The zero-order valence-electron chi connectivity index (χ0n) is 18.2. The van der Waals surface area contributed by atoms with Gasteiger partial charge in [0.05, 0.1) is 11.3 Å². The van der Waals surface area contributed by atoms with Gasteiger partial charge in [-0.25, -0.2) is 12.7 Å². The summed E-state index contributed by atoms with van der Waals surface area (Å²) >= 11 is 0. The van der Waals surface area contributed by atoms with Crippen molar-refractivity contribution in [2.75, 3.05) is 31.6 Å². The molecule has 8 nitrogen and oxygen atoms in total. The molecule has 9 heteroatoms. The second kappa shape index (κ2) is 8.91. The van der Waals surface area contributed by atoms with E-state index in [-0.39, 0.29) is 22.1 Å². The lowest BCUT2D eigenvalue weighted by molar-refractivity contribution is 0.0864. The van der Waals surface area contributed by atoms with Gasteiger partial charge in [-0.3, -0.25) is 9.59 Å². The molecule has 2 aromatic rings. The van der Waals surface area contributed by atoms with Crippen LogP contribution >= 0.6 is 0 Å². The average Bonchev–Trinajstić information content (AvgIpc) is 3.59. The van der Waals surface area contributed by atoms with E-state index in [4.69, 9.17) is 4.74 Å². The van der Waals surface area contributed by atoms with E-state index in [1.807, 2.05) is 6.07 Å². The normalized spacial score (nSPS) is 16.8. The Balaban J connectivity index is 1.50. The number of nitrogens with zero attached hydrogens (tertiary/aromatic N) is 2. The highest BCUT2D eigenvalue weighted by atomic mass is 32.2. The van der Waals surface area contributed by atoms with Crippen LogP contribution in [0.5, 0.6) is 5.75 Å². The van der Waals surface area contributed by atoms with Crippen molar-refractivity contribution in [1.29, 1.82) is 0 Å². The minimum atomic E-state index is -3.92. The Labute approximate surface area is 188 Å². The molecule has 2 aliphatic rings. The number of fused-ring (bicyclic) bond motifs is 1. The zero-order valence-corrected chi connectivity index (χ0v) is 19.0. The molecule has 2 aromatic carbocycles. The molecular weight excluding hydrogens is 430 g/mol. The number of likely N-dealkylation sites (N-methyl/N-ethyl adjacent to an activating group) is 1. The number of para-hydroxylation sites is 2. The van der Waals surface area contributed by atoms with Crippen LogP contribution in [0.25, 0.3) is 0 Å². The Morgan fingerprint density at radius 1 is 1.16 bits per heavy atom. The third kappa shape index (κ3) is 4.22. The number of rotatable bonds is 9. The summed E-state index contributed by atoms with van der Waals surface area (Å²) in [5.74, 6) is -0.446. The first-order valence-corrected chi connectivity index (χ1v) is 12.3. The molecule has 0 atom stereocenters. The summed E-state index contributed by atoms with van der Waals surface area (Å²) in [7, 11) is -3.92. The molecule has 1 fully saturated rings. The first-order valence-electron chi connectivity index (χ1n) is 10.8. The van der Waals surface area contributed by atoms with Crippen molar-refractivity contribution in [3.8, 4) is 5.75 Å². The van der Waals surface area contributed by atoms with Crippen molar-refractivity contribution in [1.82, 2.24) is 9.21 Å². The van der Waals surface area contributed by atoms with Crippen LogP contribution in [0.3, 0.4) is 0 Å². The molecule has 0 saturated heterocycles. The molecule has 0 aromatic heterocycles. The van der Waals surface area contributed by atoms with Crippen molar-refractivity contribution in [2.24, 2.45) is 0 Å². The number of hydrogen-bond acceptors (Lipinski definition) is 6. The molecule has 170 valence electrons. The fraction of sp³-hybridized carbons (Fsp3) is 0.391. The molecule has 1 heterocycles. The van der Waals surface area contributed by atoms with E-state index in [1.165, 1.54) is 18.2 Å². The van der Waals surface area contributed by atoms with E-state index in [0.717, 1.165) is 23.9 Å². The molecule has 0 radical (unpaired) electrons. The van der Waals surface area contributed by atoms with Gasteiger partial charge in [0.25, 0.3) is 21.8 Å². The Bertz CT molecular complexity index is 1140. The number of carbonyl (C=O) groups excluding carboxylic acids is 2. The van der Waals surface area contributed by atoms with E-state index in [0.29, 0.717) is 30.9 Å². The molecule has 1 aliphatic heterocycles. The first kappa shape index (κ1) is 22.3. The van der Waals surface area contributed by atoms with Crippen LogP contribution in [0, 0.1) is 0 Å². The van der Waals surface area contributed by atoms with E-state index in [9.17, 15) is 18.0 Å². The lowest BCUT2D eigenvalue weighted by Gasteiger charge is -2.19. The van der Waals surface area contributed by atoms with Gasteiger partial charge in [-0.1, -0.05) is 26.0 Å². The number of carbonyl (C=O) groups is 2. The predicted octanol–water partition coefficient (Wildman–Crippen LogP) is 2.97. The van der Waals surface area contributed by atoms with Gasteiger partial charge in [-0.05, 0) is 56.3 Å². The molecule has 0 bridgehead atoms. The van der Waals surface area contributed by atoms with E-state index < -0.39 is 21.8 Å². The van der Waals surface area contributed by atoms with Crippen LogP contribution in [-0.4, -0.2) is 61.7 Å². The van der Waals surface area contributed by atoms with Crippen molar-refractivity contribution in [3.05, 3.63) is 53.6 Å². The van der Waals surface area contributed by atoms with Crippen LogP contribution < -0.4 is 10.1 Å². The van der Waals surface area contributed by atoms with Gasteiger partial charge < -0.3 is 15.0 Å². The van der Waals surface area contributed by atoms with Gasteiger partial charge in [0, 0.05) is 18.2 Å². The maximum Gasteiger partial charge on any atom is 0.269 e. The highest BCUT2D eigenvalue weighted by Crippen LogP contribution is 2.39. The standard InChI is InChI=1S/C23H27N3O5S/c1-3-25(4-2)13-14-31-20-8-6-5-7-19(20)24-22(27)16-9-12-18-21(15-16)32(29,30)26(23(18)28)17-10-11-17/h5-9,12,15,17H,3-4,10-11,13-14H2,1-2H3,(H,24,27). The van der Waals surface area contributed by atoms with Gasteiger partial charge >= 0.3 is 0 Å². The third-order valence-electron chi connectivity index (χ3n) is 5.78. The number of hydrogen-bond donors (Lipinski definition) is 1. The smallest absolute Gasteiger partial charge is 0.269 e. The average molecular weight is 458 g/mol. The summed E-state index contributed by atoms with van der Waals surface area (Å²) in [6, 6.07) is 11.0. The van der Waals surface area contributed by atoms with Crippen LogP contribution in [0.2, 0.25) is 0 Å².